The van der Waals surface area contributed by atoms with Gasteiger partial charge in [-0.05, 0) is 24.5 Å². The lowest BCUT2D eigenvalue weighted by molar-refractivity contribution is -0.122. The molecule has 0 fully saturated rings. The summed E-state index contributed by atoms with van der Waals surface area (Å²) in [7, 11) is 0. The van der Waals surface area contributed by atoms with Gasteiger partial charge in [0.05, 0.1) is 12.6 Å². The second-order valence-corrected chi connectivity index (χ2v) is 4.14. The van der Waals surface area contributed by atoms with Gasteiger partial charge >= 0.3 is 0 Å². The second kappa shape index (κ2) is 9.78. The molecule has 0 aliphatic carbocycles. The van der Waals surface area contributed by atoms with Crippen LogP contribution in [0.2, 0.25) is 0 Å². The first-order valence-electron chi connectivity index (χ1n) is 6.36. The van der Waals surface area contributed by atoms with Gasteiger partial charge in [-0.1, -0.05) is 31.2 Å². The number of amides is 1. The van der Waals surface area contributed by atoms with Gasteiger partial charge in [0.15, 0.2) is 0 Å². The van der Waals surface area contributed by atoms with Crippen LogP contribution >= 0.6 is 12.4 Å². The molecule has 1 amide bonds. The number of nitrogens with two attached hydrogens (primary N) is 1. The third-order valence-electron chi connectivity index (χ3n) is 2.81. The van der Waals surface area contributed by atoms with E-state index in [2.05, 4.69) is 5.32 Å². The Balaban J connectivity index is 0.00000324. The summed E-state index contributed by atoms with van der Waals surface area (Å²) in [6.45, 7) is 5.61. The zero-order valence-electron chi connectivity index (χ0n) is 11.5. The Bertz CT molecular complexity index is 385. The molecular weight excluding hydrogens is 264 g/mol. The number of carbonyl (C=O) groups is 1. The van der Waals surface area contributed by atoms with Crippen molar-refractivity contribution in [3.63, 3.8) is 0 Å². The van der Waals surface area contributed by atoms with E-state index in [1.807, 2.05) is 38.1 Å². The fourth-order valence-electron chi connectivity index (χ4n) is 1.58. The van der Waals surface area contributed by atoms with E-state index in [0.29, 0.717) is 26.2 Å². The molecule has 0 radical (unpaired) electrons. The van der Waals surface area contributed by atoms with Gasteiger partial charge in [-0.25, -0.2) is 0 Å². The molecule has 0 spiro atoms. The van der Waals surface area contributed by atoms with E-state index in [9.17, 15) is 4.79 Å². The quantitative estimate of drug-likeness (QED) is 0.806. The van der Waals surface area contributed by atoms with E-state index < -0.39 is 6.04 Å². The summed E-state index contributed by atoms with van der Waals surface area (Å²) in [4.78, 5) is 11.6. The Morgan fingerprint density at radius 1 is 1.32 bits per heavy atom. The van der Waals surface area contributed by atoms with Crippen molar-refractivity contribution >= 4 is 18.3 Å². The lowest BCUT2D eigenvalue weighted by Gasteiger charge is -2.13. The summed E-state index contributed by atoms with van der Waals surface area (Å²) in [5.74, 6) is -0.108. The van der Waals surface area contributed by atoms with Crippen LogP contribution in [0.5, 0.6) is 0 Å². The van der Waals surface area contributed by atoms with E-state index in [-0.39, 0.29) is 18.3 Å². The average molecular weight is 287 g/mol. The minimum Gasteiger partial charge on any atom is -0.377 e. The summed E-state index contributed by atoms with van der Waals surface area (Å²) in [6, 6.07) is 7.50. The first-order chi connectivity index (χ1) is 8.69. The molecule has 0 aromatic heterocycles. The van der Waals surface area contributed by atoms with E-state index in [4.69, 9.17) is 10.5 Å². The van der Waals surface area contributed by atoms with Crippen molar-refractivity contribution < 1.29 is 9.53 Å². The van der Waals surface area contributed by atoms with Crippen molar-refractivity contribution in [1.82, 2.24) is 5.32 Å². The molecule has 4 nitrogen and oxygen atoms in total. The number of ether oxygens (including phenoxy) is 1. The molecular formula is C14H23ClN2O2. The fourth-order valence-corrected chi connectivity index (χ4v) is 1.58. The van der Waals surface area contributed by atoms with Gasteiger partial charge < -0.3 is 15.8 Å². The molecule has 0 heterocycles. The minimum absolute atomic E-state index is 0. The average Bonchev–Trinajstić information content (AvgIpc) is 2.42. The van der Waals surface area contributed by atoms with Crippen molar-refractivity contribution in [1.29, 1.82) is 0 Å². The number of halogens is 1. The molecule has 0 aliphatic rings. The molecule has 19 heavy (non-hydrogen) atoms. The highest BCUT2D eigenvalue weighted by atomic mass is 35.5. The second-order valence-electron chi connectivity index (χ2n) is 4.14. The van der Waals surface area contributed by atoms with E-state index in [0.717, 1.165) is 11.1 Å². The van der Waals surface area contributed by atoms with Gasteiger partial charge in [0.2, 0.25) is 5.91 Å². The number of benzene rings is 1. The summed E-state index contributed by atoms with van der Waals surface area (Å²) in [6.07, 6.45) is 0.645. The predicted molar refractivity (Wildman–Crippen MR) is 79.1 cm³/mol. The molecule has 0 saturated heterocycles. The van der Waals surface area contributed by atoms with Gasteiger partial charge in [-0.15, -0.1) is 12.4 Å². The molecule has 0 aliphatic heterocycles. The van der Waals surface area contributed by atoms with Crippen LogP contribution in [0.3, 0.4) is 0 Å². The topological polar surface area (TPSA) is 64.3 Å². The Kier molecular flexibility index (Phi) is 9.21. The SMILES string of the molecule is CCOCc1ccccc1CNC(=O)[C@@H](N)CC.Cl. The van der Waals surface area contributed by atoms with Crippen LogP contribution in [0.25, 0.3) is 0 Å². The molecule has 0 bridgehead atoms. The standard InChI is InChI=1S/C14H22N2O2.ClH/c1-3-13(15)14(17)16-9-11-7-5-6-8-12(11)10-18-4-2;/h5-8,13H,3-4,9-10,15H2,1-2H3,(H,16,17);1H/t13-;/m0./s1. The van der Waals surface area contributed by atoms with Crippen molar-refractivity contribution in [2.45, 2.75) is 39.5 Å². The van der Waals surface area contributed by atoms with Crippen LogP contribution in [-0.4, -0.2) is 18.6 Å². The fraction of sp³-hybridized carbons (Fsp3) is 0.500. The number of hydrogen-bond acceptors (Lipinski definition) is 3. The molecule has 0 saturated carbocycles. The Labute approximate surface area is 121 Å². The van der Waals surface area contributed by atoms with Gasteiger partial charge in [0.1, 0.15) is 0 Å². The maximum Gasteiger partial charge on any atom is 0.237 e. The van der Waals surface area contributed by atoms with Crippen molar-refractivity contribution in [2.24, 2.45) is 5.73 Å². The molecule has 1 aromatic rings. The largest absolute Gasteiger partial charge is 0.377 e. The third kappa shape index (κ3) is 6.05. The zero-order chi connectivity index (χ0) is 13.4. The lowest BCUT2D eigenvalue weighted by Crippen LogP contribution is -2.39. The summed E-state index contributed by atoms with van der Waals surface area (Å²) < 4.78 is 5.40. The first kappa shape index (κ1) is 17.9. The van der Waals surface area contributed by atoms with E-state index in [1.165, 1.54) is 0 Å². The van der Waals surface area contributed by atoms with Gasteiger partial charge in [-0.2, -0.15) is 0 Å². The summed E-state index contributed by atoms with van der Waals surface area (Å²) in [5.41, 5.74) is 7.84. The van der Waals surface area contributed by atoms with Crippen molar-refractivity contribution in [3.05, 3.63) is 35.4 Å². The Morgan fingerprint density at radius 3 is 2.53 bits per heavy atom. The molecule has 3 N–H and O–H groups in total. The van der Waals surface area contributed by atoms with Crippen molar-refractivity contribution in [3.8, 4) is 0 Å². The number of carbonyl (C=O) groups excluding carboxylic acids is 1. The molecule has 1 aromatic carbocycles. The van der Waals surface area contributed by atoms with Gasteiger partial charge in [0.25, 0.3) is 0 Å². The highest BCUT2D eigenvalue weighted by molar-refractivity contribution is 5.85. The number of hydrogen-bond donors (Lipinski definition) is 2. The maximum atomic E-state index is 11.6. The molecule has 1 atom stereocenters. The highest BCUT2D eigenvalue weighted by Gasteiger charge is 2.10. The Hall–Kier alpha value is -1.10. The van der Waals surface area contributed by atoms with Crippen LogP contribution in [0.1, 0.15) is 31.4 Å². The molecule has 5 heteroatoms. The molecule has 0 unspecified atom stereocenters. The van der Waals surface area contributed by atoms with Crippen LogP contribution in [0.4, 0.5) is 0 Å². The lowest BCUT2D eigenvalue weighted by atomic mass is 10.1. The van der Waals surface area contributed by atoms with Gasteiger partial charge in [0, 0.05) is 13.2 Å². The Morgan fingerprint density at radius 2 is 1.95 bits per heavy atom. The van der Waals surface area contributed by atoms with E-state index >= 15 is 0 Å². The summed E-state index contributed by atoms with van der Waals surface area (Å²) >= 11 is 0. The number of rotatable bonds is 7. The first-order valence-corrected chi connectivity index (χ1v) is 6.36. The molecule has 1 rings (SSSR count). The number of nitrogens with one attached hydrogen (secondary N) is 1. The zero-order valence-corrected chi connectivity index (χ0v) is 12.3. The minimum atomic E-state index is -0.427. The highest BCUT2D eigenvalue weighted by Crippen LogP contribution is 2.10. The van der Waals surface area contributed by atoms with E-state index in [1.54, 1.807) is 0 Å². The van der Waals surface area contributed by atoms with Crippen LogP contribution in [0.15, 0.2) is 24.3 Å². The van der Waals surface area contributed by atoms with Gasteiger partial charge in [-0.3, -0.25) is 4.79 Å². The molecule has 108 valence electrons. The van der Waals surface area contributed by atoms with Crippen LogP contribution in [-0.2, 0) is 22.7 Å². The summed E-state index contributed by atoms with van der Waals surface area (Å²) in [5, 5.41) is 2.85. The van der Waals surface area contributed by atoms with Crippen molar-refractivity contribution in [2.75, 3.05) is 6.61 Å². The third-order valence-corrected chi connectivity index (χ3v) is 2.81. The smallest absolute Gasteiger partial charge is 0.237 e. The predicted octanol–water partition coefficient (Wildman–Crippen LogP) is 2.00. The normalized spacial score (nSPS) is 11.5. The van der Waals surface area contributed by atoms with Crippen LogP contribution in [0, 0.1) is 0 Å². The van der Waals surface area contributed by atoms with Crippen LogP contribution < -0.4 is 11.1 Å². The monoisotopic (exact) mass is 286 g/mol. The maximum absolute atomic E-state index is 11.6.